The highest BCUT2D eigenvalue weighted by Crippen LogP contribution is 2.35. The van der Waals surface area contributed by atoms with Crippen LogP contribution in [0.4, 0.5) is 0 Å². The van der Waals surface area contributed by atoms with Crippen LogP contribution in [0.15, 0.2) is 24.5 Å². The highest BCUT2D eigenvalue weighted by Gasteiger charge is 2.30. The molecule has 1 aliphatic heterocycles. The number of carbonyl (C=O) groups excluding carboxylic acids is 1. The van der Waals surface area contributed by atoms with Gasteiger partial charge in [0.25, 0.3) is 5.91 Å². The van der Waals surface area contributed by atoms with E-state index >= 15 is 0 Å². The summed E-state index contributed by atoms with van der Waals surface area (Å²) in [5.41, 5.74) is 3.40. The third-order valence-corrected chi connectivity index (χ3v) is 6.69. The topological polar surface area (TPSA) is 47.4 Å². The van der Waals surface area contributed by atoms with Gasteiger partial charge in [0, 0.05) is 37.9 Å². The summed E-state index contributed by atoms with van der Waals surface area (Å²) in [7, 11) is 1.67. The molecule has 2 aliphatic carbocycles. The Bertz CT molecular complexity index is 876. The number of nitrogens with zero attached hydrogens (tertiary/aromatic N) is 3. The maximum atomic E-state index is 13.2. The predicted octanol–water partition coefficient (Wildman–Crippen LogP) is 3.81. The minimum atomic E-state index is 0.117. The zero-order chi connectivity index (χ0) is 19.1. The second-order valence-corrected chi connectivity index (χ2v) is 8.62. The highest BCUT2D eigenvalue weighted by atomic mass is 16.5. The molecule has 1 aromatic carbocycles. The van der Waals surface area contributed by atoms with Crippen LogP contribution in [0.5, 0.6) is 5.75 Å². The Morgan fingerprint density at radius 2 is 1.89 bits per heavy atom. The van der Waals surface area contributed by atoms with Crippen molar-refractivity contribution in [2.24, 2.45) is 5.92 Å². The molecule has 1 saturated heterocycles. The number of aromatic nitrogens is 2. The Kier molecular flexibility index (Phi) is 4.61. The normalized spacial score (nSPS) is 19.7. The van der Waals surface area contributed by atoms with E-state index in [0.717, 1.165) is 62.5 Å². The van der Waals surface area contributed by atoms with Crippen LogP contribution in [0.2, 0.25) is 0 Å². The lowest BCUT2D eigenvalue weighted by Gasteiger charge is -2.32. The summed E-state index contributed by atoms with van der Waals surface area (Å²) in [6.45, 7) is 2.70. The van der Waals surface area contributed by atoms with Gasteiger partial charge in [0.1, 0.15) is 11.6 Å². The number of likely N-dealkylation sites (tertiary alicyclic amines) is 1. The lowest BCUT2D eigenvalue weighted by atomic mass is 9.95. The van der Waals surface area contributed by atoms with Gasteiger partial charge in [0.2, 0.25) is 0 Å². The van der Waals surface area contributed by atoms with Crippen molar-refractivity contribution < 1.29 is 9.53 Å². The van der Waals surface area contributed by atoms with Crippen molar-refractivity contribution in [1.29, 1.82) is 0 Å². The van der Waals surface area contributed by atoms with Crippen LogP contribution in [0.25, 0.3) is 0 Å². The number of fused-ring (bicyclic) bond motifs is 1. The number of rotatable bonds is 5. The fraction of sp³-hybridized carbons (Fsp3) is 0.565. The largest absolute Gasteiger partial charge is 0.496 e. The first-order valence-corrected chi connectivity index (χ1v) is 10.7. The molecular weight excluding hydrogens is 350 g/mol. The number of methoxy groups -OCH3 is 1. The molecule has 2 fully saturated rings. The molecule has 28 heavy (non-hydrogen) atoms. The molecular formula is C23H29N3O2. The van der Waals surface area contributed by atoms with Crippen LogP contribution in [-0.4, -0.2) is 40.6 Å². The Labute approximate surface area is 166 Å². The number of imidazole rings is 1. The van der Waals surface area contributed by atoms with Crippen molar-refractivity contribution >= 4 is 5.91 Å². The third kappa shape index (κ3) is 3.31. The minimum absolute atomic E-state index is 0.117. The first-order chi connectivity index (χ1) is 13.7. The summed E-state index contributed by atoms with van der Waals surface area (Å²) < 4.78 is 7.91. The number of aryl methyl sites for hydroxylation is 2. The SMILES string of the molecule is COc1cc2c(cc1C(=O)N1CCC(c3nccn3CC3CC3)CC1)CCC2. The molecule has 0 radical (unpaired) electrons. The van der Waals surface area contributed by atoms with Gasteiger partial charge in [-0.1, -0.05) is 0 Å². The molecule has 0 spiro atoms. The fourth-order valence-electron chi connectivity index (χ4n) is 4.86. The van der Waals surface area contributed by atoms with Gasteiger partial charge in [-0.3, -0.25) is 4.79 Å². The first kappa shape index (κ1) is 17.8. The molecule has 1 saturated carbocycles. The average molecular weight is 380 g/mol. The quantitative estimate of drug-likeness (QED) is 0.794. The number of carbonyl (C=O) groups is 1. The van der Waals surface area contributed by atoms with Gasteiger partial charge in [-0.2, -0.15) is 0 Å². The molecule has 2 aromatic rings. The van der Waals surface area contributed by atoms with E-state index in [2.05, 4.69) is 27.9 Å². The molecule has 2 heterocycles. The Hall–Kier alpha value is -2.30. The van der Waals surface area contributed by atoms with Gasteiger partial charge >= 0.3 is 0 Å². The van der Waals surface area contributed by atoms with Gasteiger partial charge in [-0.15, -0.1) is 0 Å². The van der Waals surface area contributed by atoms with E-state index in [1.165, 1.54) is 36.2 Å². The van der Waals surface area contributed by atoms with Crippen LogP contribution in [0.3, 0.4) is 0 Å². The van der Waals surface area contributed by atoms with Crippen molar-refractivity contribution in [3.63, 3.8) is 0 Å². The molecule has 5 rings (SSSR count). The van der Waals surface area contributed by atoms with E-state index in [9.17, 15) is 4.79 Å². The summed E-state index contributed by atoms with van der Waals surface area (Å²) in [5, 5.41) is 0. The second-order valence-electron chi connectivity index (χ2n) is 8.62. The summed E-state index contributed by atoms with van der Waals surface area (Å²) in [6.07, 6.45) is 12.1. The van der Waals surface area contributed by atoms with E-state index in [4.69, 9.17) is 4.74 Å². The van der Waals surface area contributed by atoms with Crippen LogP contribution in [0, 0.1) is 5.92 Å². The Morgan fingerprint density at radius 3 is 2.61 bits per heavy atom. The van der Waals surface area contributed by atoms with Gasteiger partial charge in [-0.05, 0) is 74.1 Å². The fourth-order valence-corrected chi connectivity index (χ4v) is 4.86. The van der Waals surface area contributed by atoms with Crippen LogP contribution in [0.1, 0.15) is 65.3 Å². The number of piperidine rings is 1. The number of ether oxygens (including phenoxy) is 1. The summed E-state index contributed by atoms with van der Waals surface area (Å²) in [4.78, 5) is 19.9. The second kappa shape index (κ2) is 7.26. The van der Waals surface area contributed by atoms with Crippen molar-refractivity contribution in [1.82, 2.24) is 14.5 Å². The molecule has 0 bridgehead atoms. The Balaban J connectivity index is 1.28. The van der Waals surface area contributed by atoms with Gasteiger partial charge in [0.05, 0.1) is 12.7 Å². The third-order valence-electron chi connectivity index (χ3n) is 6.69. The zero-order valence-electron chi connectivity index (χ0n) is 16.7. The number of hydrogen-bond acceptors (Lipinski definition) is 3. The maximum absolute atomic E-state index is 13.2. The van der Waals surface area contributed by atoms with Crippen LogP contribution in [-0.2, 0) is 19.4 Å². The van der Waals surface area contributed by atoms with Crippen molar-refractivity contribution in [2.45, 2.75) is 57.4 Å². The summed E-state index contributed by atoms with van der Waals surface area (Å²) in [6, 6.07) is 4.16. The van der Waals surface area contributed by atoms with Crippen molar-refractivity contribution in [2.75, 3.05) is 20.2 Å². The lowest BCUT2D eigenvalue weighted by molar-refractivity contribution is 0.0706. The lowest BCUT2D eigenvalue weighted by Crippen LogP contribution is -2.38. The number of hydrogen-bond donors (Lipinski definition) is 0. The molecule has 5 heteroatoms. The first-order valence-electron chi connectivity index (χ1n) is 10.7. The predicted molar refractivity (Wildman–Crippen MR) is 108 cm³/mol. The highest BCUT2D eigenvalue weighted by molar-refractivity contribution is 5.97. The smallest absolute Gasteiger partial charge is 0.257 e. The van der Waals surface area contributed by atoms with Crippen molar-refractivity contribution in [3.8, 4) is 5.75 Å². The van der Waals surface area contributed by atoms with Gasteiger partial charge in [0.15, 0.2) is 0 Å². The van der Waals surface area contributed by atoms with Crippen LogP contribution < -0.4 is 4.74 Å². The molecule has 3 aliphatic rings. The molecule has 1 aromatic heterocycles. The zero-order valence-corrected chi connectivity index (χ0v) is 16.7. The molecule has 0 unspecified atom stereocenters. The van der Waals surface area contributed by atoms with Crippen LogP contribution >= 0.6 is 0 Å². The average Bonchev–Trinajstić information content (AvgIpc) is 3.23. The Morgan fingerprint density at radius 1 is 1.14 bits per heavy atom. The van der Waals surface area contributed by atoms with E-state index in [0.29, 0.717) is 5.92 Å². The molecule has 0 atom stereocenters. The van der Waals surface area contributed by atoms with E-state index in [1.54, 1.807) is 7.11 Å². The standard InChI is InChI=1S/C23H29N3O2/c1-28-21-14-19-4-2-3-18(19)13-20(21)23(27)25-10-7-17(8-11-25)22-24-9-12-26(22)15-16-5-6-16/h9,12-14,16-17H,2-8,10-11,15H2,1H3. The molecule has 148 valence electrons. The molecule has 5 nitrogen and oxygen atoms in total. The molecule has 0 N–H and O–H groups in total. The van der Waals surface area contributed by atoms with Gasteiger partial charge in [-0.25, -0.2) is 4.98 Å². The van der Waals surface area contributed by atoms with E-state index < -0.39 is 0 Å². The summed E-state index contributed by atoms with van der Waals surface area (Å²) >= 11 is 0. The number of amides is 1. The van der Waals surface area contributed by atoms with Gasteiger partial charge < -0.3 is 14.2 Å². The monoisotopic (exact) mass is 379 g/mol. The van der Waals surface area contributed by atoms with Crippen molar-refractivity contribution in [3.05, 3.63) is 47.0 Å². The molecule has 1 amide bonds. The minimum Gasteiger partial charge on any atom is -0.496 e. The van der Waals surface area contributed by atoms with E-state index in [1.807, 2.05) is 11.1 Å². The summed E-state index contributed by atoms with van der Waals surface area (Å²) in [5.74, 6) is 3.37. The van der Waals surface area contributed by atoms with E-state index in [-0.39, 0.29) is 5.91 Å². The number of benzene rings is 1. The maximum Gasteiger partial charge on any atom is 0.257 e.